The van der Waals surface area contributed by atoms with Crippen molar-refractivity contribution in [3.8, 4) is 0 Å². The highest BCUT2D eigenvalue weighted by atomic mass is 16.5. The van der Waals surface area contributed by atoms with Crippen LogP contribution in [0.2, 0.25) is 0 Å². The Morgan fingerprint density at radius 3 is 2.93 bits per heavy atom. The molecule has 1 aromatic heterocycles. The number of ether oxygens (including phenoxy) is 1. The zero-order valence-corrected chi connectivity index (χ0v) is 8.02. The molecule has 4 nitrogen and oxygen atoms in total. The molecule has 0 radical (unpaired) electrons. The van der Waals surface area contributed by atoms with Crippen molar-refractivity contribution in [1.82, 2.24) is 0 Å². The lowest BCUT2D eigenvalue weighted by Gasteiger charge is -1.92. The molecule has 0 N–H and O–H groups in total. The van der Waals surface area contributed by atoms with Crippen molar-refractivity contribution >= 4 is 23.2 Å². The molecule has 0 spiro atoms. The van der Waals surface area contributed by atoms with Gasteiger partial charge in [-0.05, 0) is 12.1 Å². The Morgan fingerprint density at radius 1 is 1.47 bits per heavy atom. The Morgan fingerprint density at radius 2 is 2.27 bits per heavy atom. The third-order valence-corrected chi connectivity index (χ3v) is 2.09. The molecule has 0 aliphatic carbocycles. The molecule has 0 fully saturated rings. The van der Waals surface area contributed by atoms with Gasteiger partial charge in [0.05, 0.1) is 12.7 Å². The fraction of sp³-hybridized carbons (Fsp3) is 0.0909. The summed E-state index contributed by atoms with van der Waals surface area (Å²) in [4.78, 5) is 21.9. The van der Waals surface area contributed by atoms with E-state index >= 15 is 0 Å². The molecule has 1 aromatic carbocycles. The molecule has 2 rings (SSSR count). The number of fused-ring (bicyclic) bond motifs is 1. The number of para-hydroxylation sites is 1. The van der Waals surface area contributed by atoms with Crippen LogP contribution in [0.15, 0.2) is 28.7 Å². The van der Waals surface area contributed by atoms with Crippen LogP contribution in [0.3, 0.4) is 0 Å². The third kappa shape index (κ3) is 1.50. The maximum Gasteiger partial charge on any atom is 0.373 e. The summed E-state index contributed by atoms with van der Waals surface area (Å²) in [6, 6.07) is 6.66. The minimum absolute atomic E-state index is 0.0989. The van der Waals surface area contributed by atoms with Crippen LogP contribution in [-0.4, -0.2) is 19.4 Å². The van der Waals surface area contributed by atoms with Gasteiger partial charge in [-0.2, -0.15) is 0 Å². The average molecular weight is 204 g/mol. The molecule has 0 saturated heterocycles. The van der Waals surface area contributed by atoms with Gasteiger partial charge in [0.2, 0.25) is 5.76 Å². The number of furan rings is 1. The van der Waals surface area contributed by atoms with Crippen molar-refractivity contribution in [2.24, 2.45) is 0 Å². The summed E-state index contributed by atoms with van der Waals surface area (Å²) in [6.07, 6.45) is 0.687. The fourth-order valence-electron chi connectivity index (χ4n) is 1.38. The monoisotopic (exact) mass is 204 g/mol. The van der Waals surface area contributed by atoms with E-state index in [0.29, 0.717) is 22.8 Å². The Balaban J connectivity index is 2.65. The van der Waals surface area contributed by atoms with Crippen LogP contribution < -0.4 is 0 Å². The van der Waals surface area contributed by atoms with Gasteiger partial charge in [0, 0.05) is 5.39 Å². The number of rotatable bonds is 2. The Kier molecular flexibility index (Phi) is 2.25. The Bertz CT molecular complexity index is 524. The average Bonchev–Trinajstić information content (AvgIpc) is 2.71. The standard InChI is InChI=1S/C11H8O4/c1-14-11(13)9-5-7-3-2-4-8(6-12)10(7)15-9/h2-6H,1H3. The van der Waals surface area contributed by atoms with Gasteiger partial charge >= 0.3 is 5.97 Å². The maximum atomic E-state index is 11.2. The lowest BCUT2D eigenvalue weighted by molar-refractivity contribution is 0.0567. The summed E-state index contributed by atoms with van der Waals surface area (Å²) in [7, 11) is 1.27. The van der Waals surface area contributed by atoms with E-state index in [1.54, 1.807) is 24.3 Å². The first-order chi connectivity index (χ1) is 7.26. The number of hydrogen-bond acceptors (Lipinski definition) is 4. The summed E-state index contributed by atoms with van der Waals surface area (Å²) in [5.74, 6) is -0.454. The van der Waals surface area contributed by atoms with Crippen LogP contribution in [0.25, 0.3) is 11.0 Å². The minimum Gasteiger partial charge on any atom is -0.463 e. The molecule has 0 aliphatic rings. The maximum absolute atomic E-state index is 11.2. The van der Waals surface area contributed by atoms with Gasteiger partial charge in [-0.25, -0.2) is 4.79 Å². The molecule has 76 valence electrons. The predicted octanol–water partition coefficient (Wildman–Crippen LogP) is 2.03. The van der Waals surface area contributed by atoms with E-state index < -0.39 is 5.97 Å². The minimum atomic E-state index is -0.553. The highest BCUT2D eigenvalue weighted by Crippen LogP contribution is 2.22. The molecular weight excluding hydrogens is 196 g/mol. The zero-order valence-electron chi connectivity index (χ0n) is 8.02. The van der Waals surface area contributed by atoms with Crippen LogP contribution in [0.4, 0.5) is 0 Å². The van der Waals surface area contributed by atoms with E-state index in [9.17, 15) is 9.59 Å². The molecule has 0 bridgehead atoms. The molecule has 0 atom stereocenters. The lowest BCUT2D eigenvalue weighted by atomic mass is 10.2. The van der Waals surface area contributed by atoms with Crippen LogP contribution in [0.1, 0.15) is 20.9 Å². The molecule has 4 heteroatoms. The first kappa shape index (κ1) is 9.45. The molecule has 15 heavy (non-hydrogen) atoms. The van der Waals surface area contributed by atoms with Crippen molar-refractivity contribution in [1.29, 1.82) is 0 Å². The predicted molar refractivity (Wildman–Crippen MR) is 52.9 cm³/mol. The number of aldehydes is 1. The van der Waals surface area contributed by atoms with E-state index in [0.717, 1.165) is 0 Å². The van der Waals surface area contributed by atoms with Crippen LogP contribution in [0, 0.1) is 0 Å². The van der Waals surface area contributed by atoms with Crippen molar-refractivity contribution in [2.75, 3.05) is 7.11 Å². The van der Waals surface area contributed by atoms with E-state index in [4.69, 9.17) is 4.42 Å². The number of esters is 1. The zero-order chi connectivity index (χ0) is 10.8. The summed E-state index contributed by atoms with van der Waals surface area (Å²) < 4.78 is 9.76. The van der Waals surface area contributed by atoms with Gasteiger partial charge in [-0.1, -0.05) is 12.1 Å². The highest BCUT2D eigenvalue weighted by molar-refractivity contribution is 5.98. The van der Waals surface area contributed by atoms with Crippen molar-refractivity contribution in [2.45, 2.75) is 0 Å². The second kappa shape index (κ2) is 3.57. The molecule has 0 saturated carbocycles. The number of methoxy groups -OCH3 is 1. The van der Waals surface area contributed by atoms with E-state index in [2.05, 4.69) is 4.74 Å². The molecule has 0 amide bonds. The largest absolute Gasteiger partial charge is 0.463 e. The van der Waals surface area contributed by atoms with Crippen molar-refractivity contribution in [3.05, 3.63) is 35.6 Å². The fourth-order valence-corrected chi connectivity index (χ4v) is 1.38. The van der Waals surface area contributed by atoms with Crippen LogP contribution in [0.5, 0.6) is 0 Å². The lowest BCUT2D eigenvalue weighted by Crippen LogP contribution is -1.97. The SMILES string of the molecule is COC(=O)c1cc2cccc(C=O)c2o1. The number of carbonyl (C=O) groups is 2. The Hall–Kier alpha value is -2.10. The molecule has 0 unspecified atom stereocenters. The van der Waals surface area contributed by atoms with Gasteiger partial charge in [-0.15, -0.1) is 0 Å². The Labute approximate surface area is 85.4 Å². The third-order valence-electron chi connectivity index (χ3n) is 2.09. The first-order valence-electron chi connectivity index (χ1n) is 4.32. The van der Waals surface area contributed by atoms with Crippen LogP contribution in [-0.2, 0) is 4.74 Å². The van der Waals surface area contributed by atoms with E-state index in [1.165, 1.54) is 7.11 Å². The van der Waals surface area contributed by atoms with Crippen LogP contribution >= 0.6 is 0 Å². The number of benzene rings is 1. The van der Waals surface area contributed by atoms with Gasteiger partial charge in [0.25, 0.3) is 0 Å². The van der Waals surface area contributed by atoms with Gasteiger partial charge in [-0.3, -0.25) is 4.79 Å². The summed E-state index contributed by atoms with van der Waals surface area (Å²) in [5, 5.41) is 0.708. The van der Waals surface area contributed by atoms with Crippen molar-refractivity contribution < 1.29 is 18.7 Å². The van der Waals surface area contributed by atoms with Gasteiger partial charge in [0.1, 0.15) is 5.58 Å². The summed E-state index contributed by atoms with van der Waals surface area (Å²) >= 11 is 0. The highest BCUT2D eigenvalue weighted by Gasteiger charge is 2.13. The topological polar surface area (TPSA) is 56.5 Å². The normalized spacial score (nSPS) is 10.2. The number of hydrogen-bond donors (Lipinski definition) is 0. The first-order valence-corrected chi connectivity index (χ1v) is 4.32. The summed E-state index contributed by atoms with van der Waals surface area (Å²) in [6.45, 7) is 0. The smallest absolute Gasteiger partial charge is 0.373 e. The van der Waals surface area contributed by atoms with Gasteiger partial charge in [0.15, 0.2) is 6.29 Å². The molecule has 1 heterocycles. The second-order valence-electron chi connectivity index (χ2n) is 2.99. The van der Waals surface area contributed by atoms with E-state index in [1.807, 2.05) is 0 Å². The van der Waals surface area contributed by atoms with E-state index in [-0.39, 0.29) is 5.76 Å². The quantitative estimate of drug-likeness (QED) is 0.554. The molecule has 2 aromatic rings. The molecular formula is C11H8O4. The number of carbonyl (C=O) groups excluding carboxylic acids is 2. The second-order valence-corrected chi connectivity index (χ2v) is 2.99. The summed E-state index contributed by atoms with van der Waals surface area (Å²) in [5.41, 5.74) is 0.829. The van der Waals surface area contributed by atoms with Crippen molar-refractivity contribution in [3.63, 3.8) is 0 Å². The van der Waals surface area contributed by atoms with Gasteiger partial charge < -0.3 is 9.15 Å². The molecule has 0 aliphatic heterocycles.